The van der Waals surface area contributed by atoms with Crippen LogP contribution in [0.1, 0.15) is 12.8 Å². The minimum atomic E-state index is -2.19. The number of benzene rings is 5. The van der Waals surface area contributed by atoms with E-state index >= 15 is 8.78 Å². The highest BCUT2D eigenvalue weighted by Gasteiger charge is 2.50. The molecule has 0 unspecified atom stereocenters. The Bertz CT molecular complexity index is 2130. The van der Waals surface area contributed by atoms with E-state index in [-0.39, 0.29) is 6.71 Å². The van der Waals surface area contributed by atoms with Crippen molar-refractivity contribution in [2.24, 2.45) is 0 Å². The Hall–Kier alpha value is -5.31. The summed E-state index contributed by atoms with van der Waals surface area (Å²) in [6.07, 6.45) is 8.07. The van der Waals surface area contributed by atoms with Gasteiger partial charge in [-0.3, -0.25) is 0 Å². The first-order valence-electron chi connectivity index (χ1n) is 14.7. The molecule has 1 aliphatic carbocycles. The molecule has 0 N–H and O–H groups in total. The number of para-hydroxylation sites is 1. The molecule has 0 aromatic heterocycles. The van der Waals surface area contributed by atoms with Gasteiger partial charge in [-0.1, -0.05) is 48.6 Å². The number of halogens is 5. The molecule has 9 rings (SSSR count). The van der Waals surface area contributed by atoms with Crippen LogP contribution in [-0.4, -0.2) is 6.71 Å². The Morgan fingerprint density at radius 2 is 0.933 bits per heavy atom. The highest BCUT2D eigenvalue weighted by Crippen LogP contribution is 2.50. The van der Waals surface area contributed by atoms with Crippen LogP contribution in [0.5, 0.6) is 0 Å². The molecule has 45 heavy (non-hydrogen) atoms. The molecule has 5 aromatic rings. The van der Waals surface area contributed by atoms with Crippen LogP contribution < -0.4 is 31.1 Å². The summed E-state index contributed by atoms with van der Waals surface area (Å²) >= 11 is 0. The lowest BCUT2D eigenvalue weighted by atomic mass is 9.32. The van der Waals surface area contributed by atoms with Crippen LogP contribution >= 0.6 is 0 Å². The minimum Gasteiger partial charge on any atom is -0.312 e. The third-order valence-electron chi connectivity index (χ3n) is 9.15. The number of hydrogen-bond donors (Lipinski definition) is 0. The Morgan fingerprint density at radius 3 is 1.42 bits per heavy atom. The zero-order valence-corrected chi connectivity index (χ0v) is 23.5. The predicted octanol–water partition coefficient (Wildman–Crippen LogP) is 8.15. The molecule has 0 bridgehead atoms. The van der Waals surface area contributed by atoms with E-state index in [1.807, 2.05) is 48.5 Å². The zero-order valence-electron chi connectivity index (χ0n) is 23.5. The van der Waals surface area contributed by atoms with Gasteiger partial charge in [0.1, 0.15) is 5.69 Å². The van der Waals surface area contributed by atoms with Gasteiger partial charge in [-0.25, -0.2) is 22.0 Å². The first-order chi connectivity index (χ1) is 22.0. The van der Waals surface area contributed by atoms with E-state index in [4.69, 9.17) is 0 Å². The third kappa shape index (κ3) is 3.35. The predicted molar refractivity (Wildman–Crippen MR) is 169 cm³/mol. The molecule has 9 heteroatoms. The van der Waals surface area contributed by atoms with E-state index in [1.165, 1.54) is 4.90 Å². The van der Waals surface area contributed by atoms with Gasteiger partial charge in [-0.2, -0.15) is 0 Å². The van der Waals surface area contributed by atoms with Crippen molar-refractivity contribution in [1.82, 2.24) is 0 Å². The molecule has 218 valence electrons. The maximum Gasteiger partial charge on any atom is 0.257 e. The van der Waals surface area contributed by atoms with E-state index in [2.05, 4.69) is 40.2 Å². The van der Waals surface area contributed by atoms with E-state index < -0.39 is 34.8 Å². The summed E-state index contributed by atoms with van der Waals surface area (Å²) in [7, 11) is 0. The summed E-state index contributed by atoms with van der Waals surface area (Å²) in [4.78, 5) is 5.45. The van der Waals surface area contributed by atoms with Crippen LogP contribution in [0.3, 0.4) is 0 Å². The highest BCUT2D eigenvalue weighted by atomic mass is 19.2. The van der Waals surface area contributed by atoms with E-state index in [9.17, 15) is 13.2 Å². The van der Waals surface area contributed by atoms with Gasteiger partial charge in [0.05, 0.1) is 0 Å². The second kappa shape index (κ2) is 9.35. The van der Waals surface area contributed by atoms with Crippen LogP contribution in [0.2, 0.25) is 0 Å². The van der Waals surface area contributed by atoms with Gasteiger partial charge in [0, 0.05) is 45.5 Å². The lowest BCUT2D eigenvalue weighted by molar-refractivity contribution is 0.380. The van der Waals surface area contributed by atoms with Crippen molar-refractivity contribution < 1.29 is 22.0 Å². The maximum absolute atomic E-state index is 15.7. The Kier molecular flexibility index (Phi) is 5.43. The van der Waals surface area contributed by atoms with Gasteiger partial charge in [0.15, 0.2) is 23.3 Å². The number of nitrogens with zero attached hydrogens (tertiary/aromatic N) is 3. The smallest absolute Gasteiger partial charge is 0.257 e. The quantitative estimate of drug-likeness (QED) is 0.0877. The van der Waals surface area contributed by atoms with Crippen LogP contribution in [0.25, 0.3) is 0 Å². The lowest BCUT2D eigenvalue weighted by Gasteiger charge is -2.49. The highest BCUT2D eigenvalue weighted by molar-refractivity contribution is 7.02. The zero-order chi connectivity index (χ0) is 30.6. The molecule has 3 nitrogen and oxygen atoms in total. The molecular formula is C36H21BF5N3. The third-order valence-corrected chi connectivity index (χ3v) is 9.15. The Morgan fingerprint density at radius 1 is 0.467 bits per heavy atom. The fraction of sp³-hybridized carbons (Fsp3) is 0.0556. The van der Waals surface area contributed by atoms with Gasteiger partial charge >= 0.3 is 0 Å². The molecule has 3 heterocycles. The van der Waals surface area contributed by atoms with E-state index in [1.54, 1.807) is 24.3 Å². The van der Waals surface area contributed by atoms with E-state index in [0.717, 1.165) is 63.4 Å². The van der Waals surface area contributed by atoms with Crippen molar-refractivity contribution >= 4 is 68.6 Å². The molecule has 3 aliphatic heterocycles. The summed E-state index contributed by atoms with van der Waals surface area (Å²) in [5.74, 6) is -9.94. The maximum atomic E-state index is 15.7. The number of anilines is 8. The molecule has 0 spiro atoms. The standard InChI is InChI=1S/C36H21BF5N3/c38-31-32(39)34(41)36(35(42)33(31)40)45-26-18-8-16-24-29(26)37-28-22(43(24)20-10-3-1-4-11-20)14-7-15-23(28)44(21-12-5-2-6-13-21)25-17-9-19-27(45)30(25)37/h1,3-5,7-19H,2,6H2. The number of rotatable bonds is 3. The fourth-order valence-electron chi connectivity index (χ4n) is 7.43. The number of allylic oxidation sites excluding steroid dienone is 3. The van der Waals surface area contributed by atoms with Crippen molar-refractivity contribution in [2.75, 3.05) is 14.7 Å². The molecule has 4 aliphatic rings. The van der Waals surface area contributed by atoms with Gasteiger partial charge in [0.2, 0.25) is 5.82 Å². The van der Waals surface area contributed by atoms with Crippen molar-refractivity contribution in [3.05, 3.63) is 138 Å². The second-order valence-electron chi connectivity index (χ2n) is 11.4. The first-order valence-corrected chi connectivity index (χ1v) is 14.7. The van der Waals surface area contributed by atoms with Crippen LogP contribution in [0.15, 0.2) is 109 Å². The molecule has 0 fully saturated rings. The minimum absolute atomic E-state index is 0.344. The SMILES string of the molecule is Fc1c(F)c(F)c(N2c3cccc4c3B3c5c(cccc5N(c5ccccc5)c5cccc2c53)N4C2=CCCC=C2)c(F)c1F. The van der Waals surface area contributed by atoms with Gasteiger partial charge in [0.25, 0.3) is 6.71 Å². The Labute approximate surface area is 255 Å². The van der Waals surface area contributed by atoms with Crippen LogP contribution in [-0.2, 0) is 0 Å². The average Bonchev–Trinajstić information content (AvgIpc) is 3.08. The summed E-state index contributed by atoms with van der Waals surface area (Å²) in [5.41, 5.74) is 7.40. The normalized spacial score (nSPS) is 15.4. The number of hydrogen-bond acceptors (Lipinski definition) is 3. The molecule has 5 aromatic carbocycles. The Balaban J connectivity index is 1.44. The largest absolute Gasteiger partial charge is 0.312 e. The van der Waals surface area contributed by atoms with E-state index in [0.29, 0.717) is 11.4 Å². The summed E-state index contributed by atoms with van der Waals surface area (Å²) in [6.45, 7) is -0.365. The lowest BCUT2D eigenvalue weighted by Crippen LogP contribution is -2.65. The molecule has 0 atom stereocenters. The van der Waals surface area contributed by atoms with Crippen molar-refractivity contribution in [1.29, 1.82) is 0 Å². The molecule has 0 amide bonds. The monoisotopic (exact) mass is 601 g/mol. The average molecular weight is 601 g/mol. The van der Waals surface area contributed by atoms with Crippen LogP contribution in [0.4, 0.5) is 67.5 Å². The summed E-state index contributed by atoms with van der Waals surface area (Å²) < 4.78 is 75.4. The summed E-state index contributed by atoms with van der Waals surface area (Å²) in [5, 5.41) is 0. The van der Waals surface area contributed by atoms with Gasteiger partial charge < -0.3 is 14.7 Å². The van der Waals surface area contributed by atoms with Gasteiger partial charge in [-0.05, 0) is 83.8 Å². The van der Waals surface area contributed by atoms with Crippen molar-refractivity contribution in [3.8, 4) is 0 Å². The van der Waals surface area contributed by atoms with Crippen LogP contribution in [0, 0.1) is 29.1 Å². The van der Waals surface area contributed by atoms with Crippen molar-refractivity contribution in [2.45, 2.75) is 12.8 Å². The summed E-state index contributed by atoms with van der Waals surface area (Å²) in [6, 6.07) is 26.7. The fourth-order valence-corrected chi connectivity index (χ4v) is 7.43. The van der Waals surface area contributed by atoms with Crippen molar-refractivity contribution in [3.63, 3.8) is 0 Å². The molecule has 0 saturated carbocycles. The topological polar surface area (TPSA) is 9.72 Å². The van der Waals surface area contributed by atoms with Gasteiger partial charge in [-0.15, -0.1) is 0 Å². The molecule has 0 radical (unpaired) electrons. The first kappa shape index (κ1) is 26.1. The molecule has 0 saturated heterocycles. The second-order valence-corrected chi connectivity index (χ2v) is 11.4. The molecular weight excluding hydrogens is 580 g/mol.